The van der Waals surface area contributed by atoms with Crippen LogP contribution in [-0.4, -0.2) is 37.3 Å². The highest BCUT2D eigenvalue weighted by Gasteiger charge is 2.38. The highest BCUT2D eigenvalue weighted by molar-refractivity contribution is 8.18. The van der Waals surface area contributed by atoms with Crippen LogP contribution in [0.3, 0.4) is 0 Å². The van der Waals surface area contributed by atoms with Crippen molar-refractivity contribution in [2.45, 2.75) is 49.4 Å². The SMILES string of the molecule is CCC(=O)CC1(c2ccc(OC)c(OC3CCCO3)c2)SCCCS1. The first-order valence-electron chi connectivity index (χ1n) is 8.93. The van der Waals surface area contributed by atoms with Crippen LogP contribution in [0.5, 0.6) is 11.5 Å². The van der Waals surface area contributed by atoms with Gasteiger partial charge in [-0.15, -0.1) is 23.5 Å². The minimum Gasteiger partial charge on any atom is -0.493 e. The van der Waals surface area contributed by atoms with Crippen LogP contribution in [0.2, 0.25) is 0 Å². The molecule has 2 heterocycles. The summed E-state index contributed by atoms with van der Waals surface area (Å²) in [6.45, 7) is 2.68. The quantitative estimate of drug-likeness (QED) is 0.687. The summed E-state index contributed by atoms with van der Waals surface area (Å²) in [6, 6.07) is 6.08. The Morgan fingerprint density at radius 3 is 2.72 bits per heavy atom. The molecule has 1 atom stereocenters. The van der Waals surface area contributed by atoms with E-state index in [1.54, 1.807) is 7.11 Å². The molecule has 0 spiro atoms. The van der Waals surface area contributed by atoms with E-state index in [9.17, 15) is 4.79 Å². The molecule has 0 N–H and O–H groups in total. The molecule has 2 aliphatic heterocycles. The van der Waals surface area contributed by atoms with E-state index in [4.69, 9.17) is 14.2 Å². The van der Waals surface area contributed by atoms with Gasteiger partial charge in [0.15, 0.2) is 17.8 Å². The van der Waals surface area contributed by atoms with Gasteiger partial charge in [0, 0.05) is 19.3 Å². The first kappa shape index (κ1) is 18.9. The van der Waals surface area contributed by atoms with Crippen LogP contribution in [-0.2, 0) is 13.6 Å². The maximum absolute atomic E-state index is 12.2. The number of hydrogen-bond donors (Lipinski definition) is 0. The Bertz CT molecular complexity index is 593. The molecule has 3 rings (SSSR count). The third kappa shape index (κ3) is 4.47. The molecule has 0 bridgehead atoms. The highest BCUT2D eigenvalue weighted by Crippen LogP contribution is 2.54. The van der Waals surface area contributed by atoms with E-state index in [0.29, 0.717) is 30.1 Å². The van der Waals surface area contributed by atoms with E-state index in [2.05, 4.69) is 12.1 Å². The highest BCUT2D eigenvalue weighted by atomic mass is 32.2. The number of hydrogen-bond acceptors (Lipinski definition) is 6. The van der Waals surface area contributed by atoms with E-state index < -0.39 is 0 Å². The van der Waals surface area contributed by atoms with Gasteiger partial charge in [0.25, 0.3) is 0 Å². The molecule has 1 aromatic carbocycles. The third-order valence-corrected chi connectivity index (χ3v) is 7.92. The monoisotopic (exact) mass is 382 g/mol. The summed E-state index contributed by atoms with van der Waals surface area (Å²) >= 11 is 3.77. The smallest absolute Gasteiger partial charge is 0.200 e. The minimum absolute atomic E-state index is 0.205. The van der Waals surface area contributed by atoms with Gasteiger partial charge in [-0.3, -0.25) is 4.79 Å². The van der Waals surface area contributed by atoms with Gasteiger partial charge in [-0.2, -0.15) is 0 Å². The average Bonchev–Trinajstić information content (AvgIpc) is 3.15. The van der Waals surface area contributed by atoms with Gasteiger partial charge >= 0.3 is 0 Å². The van der Waals surface area contributed by atoms with Crippen molar-refractivity contribution < 1.29 is 19.0 Å². The van der Waals surface area contributed by atoms with Crippen molar-refractivity contribution in [3.63, 3.8) is 0 Å². The molecule has 2 saturated heterocycles. The molecular formula is C19H26O4S2. The van der Waals surface area contributed by atoms with Crippen LogP contribution in [0.15, 0.2) is 18.2 Å². The van der Waals surface area contributed by atoms with Crippen molar-refractivity contribution in [3.8, 4) is 11.5 Å². The molecule has 2 aliphatic rings. The molecule has 138 valence electrons. The summed E-state index contributed by atoms with van der Waals surface area (Å²) in [5.41, 5.74) is 1.14. The fourth-order valence-electron chi connectivity index (χ4n) is 3.12. The molecule has 2 fully saturated rings. The Morgan fingerprint density at radius 1 is 1.28 bits per heavy atom. The van der Waals surface area contributed by atoms with Gasteiger partial charge in [-0.1, -0.05) is 13.0 Å². The minimum atomic E-state index is -0.216. The van der Waals surface area contributed by atoms with Crippen LogP contribution < -0.4 is 9.47 Å². The number of Topliss-reactive ketones (excluding diaryl/α,β-unsaturated/α-hetero) is 1. The maximum atomic E-state index is 12.2. The third-order valence-electron chi connectivity index (χ3n) is 4.53. The zero-order valence-electron chi connectivity index (χ0n) is 14.9. The molecular weight excluding hydrogens is 356 g/mol. The summed E-state index contributed by atoms with van der Waals surface area (Å²) in [5, 5.41) is 0. The molecule has 0 amide bonds. The van der Waals surface area contributed by atoms with Gasteiger partial charge in [-0.05, 0) is 42.0 Å². The maximum Gasteiger partial charge on any atom is 0.200 e. The largest absolute Gasteiger partial charge is 0.493 e. The normalized spacial score (nSPS) is 22.6. The lowest BCUT2D eigenvalue weighted by Crippen LogP contribution is -2.26. The van der Waals surface area contributed by atoms with Crippen LogP contribution >= 0.6 is 23.5 Å². The van der Waals surface area contributed by atoms with E-state index >= 15 is 0 Å². The van der Waals surface area contributed by atoms with E-state index in [0.717, 1.165) is 36.5 Å². The van der Waals surface area contributed by atoms with E-state index in [1.807, 2.05) is 36.5 Å². The first-order valence-corrected chi connectivity index (χ1v) is 10.9. The van der Waals surface area contributed by atoms with Crippen LogP contribution in [0.25, 0.3) is 0 Å². The Morgan fingerprint density at radius 2 is 2.08 bits per heavy atom. The second-order valence-corrected chi connectivity index (χ2v) is 9.34. The summed E-state index contributed by atoms with van der Waals surface area (Å²) in [7, 11) is 1.65. The Hall–Kier alpha value is -0.850. The Balaban J connectivity index is 1.90. The van der Waals surface area contributed by atoms with Gasteiger partial charge < -0.3 is 14.2 Å². The van der Waals surface area contributed by atoms with Gasteiger partial charge in [-0.25, -0.2) is 0 Å². The first-order chi connectivity index (χ1) is 12.2. The van der Waals surface area contributed by atoms with Crippen molar-refractivity contribution >= 4 is 29.3 Å². The van der Waals surface area contributed by atoms with Crippen LogP contribution in [0, 0.1) is 0 Å². The van der Waals surface area contributed by atoms with Crippen molar-refractivity contribution in [2.24, 2.45) is 0 Å². The molecule has 0 aromatic heterocycles. The lowest BCUT2D eigenvalue weighted by atomic mass is 10.0. The molecule has 4 nitrogen and oxygen atoms in total. The summed E-state index contributed by atoms with van der Waals surface area (Å²) in [6.07, 6.45) is 4.04. The molecule has 25 heavy (non-hydrogen) atoms. The van der Waals surface area contributed by atoms with Crippen LogP contribution in [0.1, 0.15) is 44.6 Å². The summed E-state index contributed by atoms with van der Waals surface area (Å²) in [4.78, 5) is 12.2. The van der Waals surface area contributed by atoms with Crippen molar-refractivity contribution in [2.75, 3.05) is 25.2 Å². The fourth-order valence-corrected chi connectivity index (χ4v) is 6.48. The Labute approximate surface area is 158 Å². The summed E-state index contributed by atoms with van der Waals surface area (Å²) in [5.74, 6) is 3.89. The van der Waals surface area contributed by atoms with E-state index in [1.165, 1.54) is 6.42 Å². The van der Waals surface area contributed by atoms with Crippen molar-refractivity contribution in [3.05, 3.63) is 23.8 Å². The number of carbonyl (C=O) groups excluding carboxylic acids is 1. The topological polar surface area (TPSA) is 44.8 Å². The van der Waals surface area contributed by atoms with Gasteiger partial charge in [0.05, 0.1) is 17.8 Å². The van der Waals surface area contributed by atoms with Crippen molar-refractivity contribution in [1.29, 1.82) is 0 Å². The second kappa shape index (κ2) is 8.69. The standard InChI is InChI=1S/C19H26O4S2/c1-3-15(20)13-19(24-10-5-11-25-19)14-7-8-16(21-2)17(12-14)23-18-6-4-9-22-18/h7-8,12,18H,3-6,9-11,13H2,1-2H3. The average molecular weight is 383 g/mol. The molecule has 1 unspecified atom stereocenters. The molecule has 0 aliphatic carbocycles. The summed E-state index contributed by atoms with van der Waals surface area (Å²) < 4.78 is 16.9. The van der Waals surface area contributed by atoms with Crippen molar-refractivity contribution in [1.82, 2.24) is 0 Å². The lowest BCUT2D eigenvalue weighted by molar-refractivity contribution is -0.118. The second-order valence-electron chi connectivity index (χ2n) is 6.30. The molecule has 0 saturated carbocycles. The number of ether oxygens (including phenoxy) is 3. The number of thioether (sulfide) groups is 2. The zero-order chi connectivity index (χ0) is 17.7. The van der Waals surface area contributed by atoms with Gasteiger partial charge in [0.2, 0.25) is 0 Å². The molecule has 6 heteroatoms. The number of carbonyl (C=O) groups is 1. The number of benzene rings is 1. The fraction of sp³-hybridized carbons (Fsp3) is 0.632. The number of methoxy groups -OCH3 is 1. The van der Waals surface area contributed by atoms with E-state index in [-0.39, 0.29) is 10.4 Å². The zero-order valence-corrected chi connectivity index (χ0v) is 16.5. The lowest BCUT2D eigenvalue weighted by Gasteiger charge is -2.36. The predicted molar refractivity (Wildman–Crippen MR) is 104 cm³/mol. The van der Waals surface area contributed by atoms with Gasteiger partial charge in [0.1, 0.15) is 5.78 Å². The predicted octanol–water partition coefficient (Wildman–Crippen LogP) is 4.60. The molecule has 1 aromatic rings. The Kier molecular flexibility index (Phi) is 6.58. The number of rotatable bonds is 7. The number of ketones is 1. The molecule has 0 radical (unpaired) electrons. The van der Waals surface area contributed by atoms with Crippen LogP contribution in [0.4, 0.5) is 0 Å².